The quantitative estimate of drug-likeness (QED) is 0.313. The monoisotopic (exact) mass is 519 g/mol. The standard InChI is InChI=1S/C29H26FNO5S/c1-3-36-29(34)27-20(24-12-7-13-37-24)15-23-26(28(27)33)19(17-8-6-9-18(14-17)35-2)16-25(32)31(23)22-11-5-4-10-21(22)30/h4-14,19-20,27H,3,15-16H2,1-2H3/t19-,20-,27-/m0/s1. The van der Waals surface area contributed by atoms with Gasteiger partial charge in [0.05, 0.1) is 19.4 Å². The Morgan fingerprint density at radius 2 is 1.89 bits per heavy atom. The number of nitrogens with zero attached hydrogens (tertiary/aromatic N) is 1. The van der Waals surface area contributed by atoms with Crippen LogP contribution in [0.5, 0.6) is 5.75 Å². The summed E-state index contributed by atoms with van der Waals surface area (Å²) in [6.07, 6.45) is 0.164. The average molecular weight is 520 g/mol. The van der Waals surface area contributed by atoms with Gasteiger partial charge in [-0.2, -0.15) is 0 Å². The number of allylic oxidation sites excluding steroid dienone is 2. The van der Waals surface area contributed by atoms with Crippen LogP contribution in [0.1, 0.15) is 42.0 Å². The van der Waals surface area contributed by atoms with Crippen LogP contribution in [0.2, 0.25) is 0 Å². The number of halogens is 1. The Morgan fingerprint density at radius 3 is 2.59 bits per heavy atom. The van der Waals surface area contributed by atoms with Crippen molar-refractivity contribution in [3.05, 3.63) is 93.6 Å². The predicted octanol–water partition coefficient (Wildman–Crippen LogP) is 5.61. The van der Waals surface area contributed by atoms with Gasteiger partial charge in [-0.3, -0.25) is 19.3 Å². The van der Waals surface area contributed by atoms with E-state index in [0.717, 1.165) is 10.4 Å². The van der Waals surface area contributed by atoms with E-state index < -0.39 is 29.5 Å². The Hall–Kier alpha value is -3.78. The van der Waals surface area contributed by atoms with E-state index >= 15 is 4.39 Å². The summed E-state index contributed by atoms with van der Waals surface area (Å²) in [5.74, 6) is -3.45. The van der Waals surface area contributed by atoms with Gasteiger partial charge in [-0.1, -0.05) is 30.3 Å². The van der Waals surface area contributed by atoms with Gasteiger partial charge in [0, 0.05) is 34.4 Å². The number of ether oxygens (including phenoxy) is 2. The largest absolute Gasteiger partial charge is 0.497 e. The van der Waals surface area contributed by atoms with E-state index in [1.807, 2.05) is 23.6 Å². The van der Waals surface area contributed by atoms with E-state index in [4.69, 9.17) is 9.47 Å². The third-order valence-electron chi connectivity index (χ3n) is 6.96. The molecule has 1 aromatic heterocycles. The van der Waals surface area contributed by atoms with Gasteiger partial charge in [0.15, 0.2) is 5.78 Å². The van der Waals surface area contributed by atoms with E-state index in [9.17, 15) is 14.4 Å². The molecule has 0 fully saturated rings. The molecule has 190 valence electrons. The van der Waals surface area contributed by atoms with E-state index in [1.54, 1.807) is 44.4 Å². The maximum atomic E-state index is 15.0. The molecule has 0 bridgehead atoms. The van der Waals surface area contributed by atoms with Crippen molar-refractivity contribution in [2.45, 2.75) is 31.6 Å². The molecule has 1 aliphatic carbocycles. The van der Waals surface area contributed by atoms with Gasteiger partial charge >= 0.3 is 5.97 Å². The minimum absolute atomic E-state index is 0.0503. The molecular formula is C29H26FNO5S. The molecule has 3 atom stereocenters. The maximum absolute atomic E-state index is 15.0. The van der Waals surface area contributed by atoms with Crippen molar-refractivity contribution in [2.75, 3.05) is 18.6 Å². The van der Waals surface area contributed by atoms with E-state index in [2.05, 4.69) is 0 Å². The first-order valence-electron chi connectivity index (χ1n) is 12.1. The number of amides is 1. The number of para-hydroxylation sites is 1. The molecule has 3 aromatic rings. The number of carbonyl (C=O) groups excluding carboxylic acids is 3. The molecule has 6 nitrogen and oxygen atoms in total. The average Bonchev–Trinajstić information content (AvgIpc) is 3.44. The van der Waals surface area contributed by atoms with Crippen LogP contribution in [-0.4, -0.2) is 31.4 Å². The number of anilines is 1. The molecule has 1 amide bonds. The van der Waals surface area contributed by atoms with Crippen molar-refractivity contribution in [2.24, 2.45) is 5.92 Å². The van der Waals surface area contributed by atoms with Crippen LogP contribution in [-0.2, 0) is 19.1 Å². The van der Waals surface area contributed by atoms with Crippen LogP contribution in [0.4, 0.5) is 10.1 Å². The molecule has 8 heteroatoms. The minimum Gasteiger partial charge on any atom is -0.497 e. The molecule has 0 N–H and O–H groups in total. The zero-order chi connectivity index (χ0) is 26.1. The highest BCUT2D eigenvalue weighted by atomic mass is 32.1. The maximum Gasteiger partial charge on any atom is 0.317 e. The van der Waals surface area contributed by atoms with Gasteiger partial charge < -0.3 is 9.47 Å². The molecule has 0 radical (unpaired) electrons. The number of thiophene rings is 1. The Balaban J connectivity index is 1.73. The first-order chi connectivity index (χ1) is 17.9. The molecule has 2 heterocycles. The van der Waals surface area contributed by atoms with Gasteiger partial charge in [-0.05, 0) is 54.6 Å². The van der Waals surface area contributed by atoms with Crippen LogP contribution in [0.25, 0.3) is 0 Å². The van der Waals surface area contributed by atoms with Crippen molar-refractivity contribution in [1.29, 1.82) is 0 Å². The highest BCUT2D eigenvalue weighted by Gasteiger charge is 2.50. The van der Waals surface area contributed by atoms with E-state index in [1.165, 1.54) is 28.4 Å². The van der Waals surface area contributed by atoms with Gasteiger partial charge in [-0.25, -0.2) is 4.39 Å². The SMILES string of the molecule is CCOC(=O)[C@@H]1C(=O)C2=C(C[C@H]1c1cccs1)N(c1ccccc1F)C(=O)C[C@H]2c1cccc(OC)c1. The van der Waals surface area contributed by atoms with Crippen LogP contribution in [0.15, 0.2) is 77.3 Å². The summed E-state index contributed by atoms with van der Waals surface area (Å²) in [5.41, 5.74) is 1.59. The molecule has 1 aliphatic heterocycles. The minimum atomic E-state index is -1.05. The molecule has 5 rings (SSSR count). The number of Topliss-reactive ketones (excluding diaryl/α,β-unsaturated/α-hetero) is 1. The van der Waals surface area contributed by atoms with Crippen LogP contribution >= 0.6 is 11.3 Å². The molecule has 2 aliphatic rings. The summed E-state index contributed by atoms with van der Waals surface area (Å²) in [6.45, 7) is 1.85. The molecular weight excluding hydrogens is 493 g/mol. The molecule has 2 aromatic carbocycles. The summed E-state index contributed by atoms with van der Waals surface area (Å²) in [7, 11) is 1.55. The van der Waals surface area contributed by atoms with Crippen molar-refractivity contribution in [3.63, 3.8) is 0 Å². The fourth-order valence-electron chi connectivity index (χ4n) is 5.36. The number of rotatable bonds is 6. The second-order valence-electron chi connectivity index (χ2n) is 8.99. The molecule has 0 saturated heterocycles. The lowest BCUT2D eigenvalue weighted by molar-refractivity contribution is -0.152. The van der Waals surface area contributed by atoms with Crippen LogP contribution in [0, 0.1) is 11.7 Å². The second-order valence-corrected chi connectivity index (χ2v) is 9.97. The highest BCUT2D eigenvalue weighted by Crippen LogP contribution is 2.50. The van der Waals surface area contributed by atoms with Crippen molar-refractivity contribution in [3.8, 4) is 5.75 Å². The zero-order valence-electron chi connectivity index (χ0n) is 20.5. The third kappa shape index (κ3) is 4.46. The van der Waals surface area contributed by atoms with Crippen molar-refractivity contribution in [1.82, 2.24) is 0 Å². The van der Waals surface area contributed by atoms with Crippen molar-refractivity contribution < 1.29 is 28.2 Å². The second kappa shape index (κ2) is 10.3. The van der Waals surface area contributed by atoms with Crippen LogP contribution in [0.3, 0.4) is 0 Å². The summed E-state index contributed by atoms with van der Waals surface area (Å²) < 4.78 is 25.7. The Labute approximate surface area is 218 Å². The lowest BCUT2D eigenvalue weighted by Crippen LogP contribution is -2.46. The van der Waals surface area contributed by atoms with E-state index in [0.29, 0.717) is 17.0 Å². The Morgan fingerprint density at radius 1 is 1.08 bits per heavy atom. The lowest BCUT2D eigenvalue weighted by Gasteiger charge is -2.42. The van der Waals surface area contributed by atoms with E-state index in [-0.39, 0.29) is 36.8 Å². The van der Waals surface area contributed by atoms with Crippen molar-refractivity contribution >= 4 is 34.7 Å². The topological polar surface area (TPSA) is 72.9 Å². The van der Waals surface area contributed by atoms with Gasteiger partial charge in [0.1, 0.15) is 17.5 Å². The Bertz CT molecular complexity index is 1380. The normalized spacial score (nSPS) is 21.6. The predicted molar refractivity (Wildman–Crippen MR) is 138 cm³/mol. The zero-order valence-corrected chi connectivity index (χ0v) is 21.3. The summed E-state index contributed by atoms with van der Waals surface area (Å²) in [5, 5.41) is 1.88. The fraction of sp³-hybridized carbons (Fsp3) is 0.276. The molecule has 0 unspecified atom stereocenters. The number of carbonyl (C=O) groups is 3. The summed E-state index contributed by atoms with van der Waals surface area (Å²) >= 11 is 1.44. The van der Waals surface area contributed by atoms with Gasteiger partial charge in [-0.15, -0.1) is 11.3 Å². The molecule has 0 saturated carbocycles. The smallest absolute Gasteiger partial charge is 0.317 e. The lowest BCUT2D eigenvalue weighted by atomic mass is 9.69. The molecule has 0 spiro atoms. The van der Waals surface area contributed by atoms with Gasteiger partial charge in [0.25, 0.3) is 0 Å². The number of esters is 1. The summed E-state index contributed by atoms with van der Waals surface area (Å²) in [4.78, 5) is 43.3. The number of hydrogen-bond donors (Lipinski definition) is 0. The highest BCUT2D eigenvalue weighted by molar-refractivity contribution is 7.10. The fourth-order valence-corrected chi connectivity index (χ4v) is 6.22. The summed E-state index contributed by atoms with van der Waals surface area (Å²) in [6, 6.07) is 17.0. The number of methoxy groups -OCH3 is 1. The number of hydrogen-bond acceptors (Lipinski definition) is 6. The van der Waals surface area contributed by atoms with Crippen LogP contribution < -0.4 is 9.64 Å². The van der Waals surface area contributed by atoms with Gasteiger partial charge in [0.2, 0.25) is 5.91 Å². The number of benzene rings is 2. The Kier molecular flexibility index (Phi) is 6.93. The first kappa shape index (κ1) is 24.9. The third-order valence-corrected chi connectivity index (χ3v) is 7.96. The molecule has 37 heavy (non-hydrogen) atoms. The number of ketones is 1. The first-order valence-corrected chi connectivity index (χ1v) is 13.0.